The maximum absolute atomic E-state index is 11.7. The summed E-state index contributed by atoms with van der Waals surface area (Å²) in [6.07, 6.45) is 0. The zero-order chi connectivity index (χ0) is 13.3. The minimum absolute atomic E-state index is 0.00907. The number of nitrogens with one attached hydrogen (secondary N) is 1. The number of carboxylic acid groups (broad SMARTS) is 1. The molecule has 2 aromatic rings. The molecule has 18 heavy (non-hydrogen) atoms. The average molecular weight is 245 g/mol. The normalized spacial score (nSPS) is 10.3. The molecule has 92 valence electrons. The molecule has 0 aliphatic carbocycles. The number of carbonyl (C=O) groups is 2. The molecule has 0 aliphatic heterocycles. The molecule has 6 N–H and O–H groups in total. The first-order valence-electron chi connectivity index (χ1n) is 5.11. The van der Waals surface area contributed by atoms with Gasteiger partial charge in [-0.05, 0) is 29.0 Å². The second-order valence-electron chi connectivity index (χ2n) is 3.75. The SMILES string of the molecule is NNC(=O)c1c(C(=O)O)ccc2ccc(N)cc12. The lowest BCUT2D eigenvalue weighted by Crippen LogP contribution is -2.31. The summed E-state index contributed by atoms with van der Waals surface area (Å²) in [6.45, 7) is 0. The Bertz CT molecular complexity index is 652. The lowest BCUT2D eigenvalue weighted by Gasteiger charge is -2.09. The Balaban J connectivity index is 2.87. The van der Waals surface area contributed by atoms with Crippen LogP contribution in [0.15, 0.2) is 30.3 Å². The molecule has 2 rings (SSSR count). The van der Waals surface area contributed by atoms with Gasteiger partial charge in [-0.15, -0.1) is 0 Å². The van der Waals surface area contributed by atoms with Crippen LogP contribution in [0.25, 0.3) is 10.8 Å². The lowest BCUT2D eigenvalue weighted by molar-refractivity contribution is 0.0691. The van der Waals surface area contributed by atoms with Crippen LogP contribution in [0, 0.1) is 0 Å². The molecule has 0 atom stereocenters. The first-order chi connectivity index (χ1) is 8.54. The Morgan fingerprint density at radius 2 is 1.83 bits per heavy atom. The van der Waals surface area contributed by atoms with Crippen molar-refractivity contribution in [3.63, 3.8) is 0 Å². The van der Waals surface area contributed by atoms with Crippen molar-refractivity contribution in [3.05, 3.63) is 41.5 Å². The topological polar surface area (TPSA) is 118 Å². The first-order valence-corrected chi connectivity index (χ1v) is 5.11. The van der Waals surface area contributed by atoms with Gasteiger partial charge < -0.3 is 10.8 Å². The van der Waals surface area contributed by atoms with E-state index < -0.39 is 11.9 Å². The number of amides is 1. The highest BCUT2D eigenvalue weighted by Crippen LogP contribution is 2.24. The Kier molecular flexibility index (Phi) is 2.86. The van der Waals surface area contributed by atoms with Crippen molar-refractivity contribution in [2.24, 2.45) is 5.84 Å². The largest absolute Gasteiger partial charge is 0.478 e. The molecule has 6 nitrogen and oxygen atoms in total. The molecule has 0 saturated heterocycles. The zero-order valence-corrected chi connectivity index (χ0v) is 9.31. The van der Waals surface area contributed by atoms with Crippen LogP contribution in [0.5, 0.6) is 0 Å². The number of carbonyl (C=O) groups excluding carboxylic acids is 1. The maximum atomic E-state index is 11.7. The molecule has 0 spiro atoms. The summed E-state index contributed by atoms with van der Waals surface area (Å²) in [4.78, 5) is 22.8. The van der Waals surface area contributed by atoms with Gasteiger partial charge in [0, 0.05) is 5.69 Å². The lowest BCUT2D eigenvalue weighted by atomic mass is 9.98. The van der Waals surface area contributed by atoms with E-state index in [9.17, 15) is 9.59 Å². The predicted molar refractivity (Wildman–Crippen MR) is 67.0 cm³/mol. The van der Waals surface area contributed by atoms with Gasteiger partial charge >= 0.3 is 5.97 Å². The molecule has 1 amide bonds. The summed E-state index contributed by atoms with van der Waals surface area (Å²) in [5, 5.41) is 10.3. The van der Waals surface area contributed by atoms with Gasteiger partial charge in [-0.2, -0.15) is 0 Å². The number of benzene rings is 2. The van der Waals surface area contributed by atoms with Crippen molar-refractivity contribution in [3.8, 4) is 0 Å². The summed E-state index contributed by atoms with van der Waals surface area (Å²) in [5.74, 6) is 3.22. The summed E-state index contributed by atoms with van der Waals surface area (Å²) < 4.78 is 0. The number of hydrogen-bond donors (Lipinski definition) is 4. The van der Waals surface area contributed by atoms with Gasteiger partial charge in [-0.3, -0.25) is 10.2 Å². The quantitative estimate of drug-likeness (QED) is 0.269. The molecule has 0 unspecified atom stereocenters. The number of nitrogens with two attached hydrogens (primary N) is 2. The van der Waals surface area contributed by atoms with E-state index in [4.69, 9.17) is 16.7 Å². The summed E-state index contributed by atoms with van der Waals surface area (Å²) >= 11 is 0. The molecule has 0 heterocycles. The van der Waals surface area contributed by atoms with Crippen molar-refractivity contribution in [1.82, 2.24) is 5.43 Å². The van der Waals surface area contributed by atoms with Gasteiger partial charge in [0.2, 0.25) is 0 Å². The smallest absolute Gasteiger partial charge is 0.336 e. The highest BCUT2D eigenvalue weighted by molar-refractivity contribution is 6.14. The summed E-state index contributed by atoms with van der Waals surface area (Å²) in [6, 6.07) is 7.92. The van der Waals surface area contributed by atoms with Gasteiger partial charge in [-0.25, -0.2) is 10.6 Å². The maximum Gasteiger partial charge on any atom is 0.336 e. The van der Waals surface area contributed by atoms with E-state index in [2.05, 4.69) is 0 Å². The first kappa shape index (κ1) is 11.9. The number of anilines is 1. The second kappa shape index (κ2) is 4.34. The van der Waals surface area contributed by atoms with E-state index in [0.717, 1.165) is 0 Å². The average Bonchev–Trinajstić information content (AvgIpc) is 2.36. The monoisotopic (exact) mass is 245 g/mol. The Morgan fingerprint density at radius 1 is 1.17 bits per heavy atom. The minimum Gasteiger partial charge on any atom is -0.478 e. The van der Waals surface area contributed by atoms with Gasteiger partial charge in [0.15, 0.2) is 0 Å². The number of aromatic carboxylic acids is 1. The molecule has 2 aromatic carbocycles. The number of nitrogen functional groups attached to an aromatic ring is 2. The molecule has 0 aromatic heterocycles. The van der Waals surface area contributed by atoms with Crippen LogP contribution in [0.2, 0.25) is 0 Å². The van der Waals surface area contributed by atoms with Crippen molar-refractivity contribution in [1.29, 1.82) is 0 Å². The minimum atomic E-state index is -1.20. The van der Waals surface area contributed by atoms with Crippen LogP contribution in [-0.2, 0) is 0 Å². The number of rotatable bonds is 2. The van der Waals surface area contributed by atoms with Crippen LogP contribution in [-0.4, -0.2) is 17.0 Å². The second-order valence-corrected chi connectivity index (χ2v) is 3.75. The van der Waals surface area contributed by atoms with Crippen molar-refractivity contribution < 1.29 is 14.7 Å². The third-order valence-electron chi connectivity index (χ3n) is 2.63. The van der Waals surface area contributed by atoms with Crippen molar-refractivity contribution >= 4 is 28.3 Å². The van der Waals surface area contributed by atoms with Crippen molar-refractivity contribution in [2.45, 2.75) is 0 Å². The van der Waals surface area contributed by atoms with E-state index in [0.29, 0.717) is 16.5 Å². The molecule has 0 bridgehead atoms. The number of carboxylic acids is 1. The standard InChI is InChI=1S/C12H11N3O3/c13-7-3-1-6-2-4-8(12(17)18)10(9(6)5-7)11(16)15-14/h1-5H,13-14H2,(H,15,16)(H,17,18). The fourth-order valence-corrected chi connectivity index (χ4v) is 1.83. The number of hydrazine groups is 1. The molecular formula is C12H11N3O3. The van der Waals surface area contributed by atoms with Gasteiger partial charge in [0.25, 0.3) is 5.91 Å². The number of fused-ring (bicyclic) bond motifs is 1. The van der Waals surface area contributed by atoms with Crippen LogP contribution in [0.3, 0.4) is 0 Å². The zero-order valence-electron chi connectivity index (χ0n) is 9.31. The van der Waals surface area contributed by atoms with E-state index >= 15 is 0 Å². The molecule has 0 saturated carbocycles. The third kappa shape index (κ3) is 1.85. The third-order valence-corrected chi connectivity index (χ3v) is 2.63. The van der Waals surface area contributed by atoms with Crippen LogP contribution in [0.4, 0.5) is 5.69 Å². The van der Waals surface area contributed by atoms with Crippen LogP contribution >= 0.6 is 0 Å². The summed E-state index contributed by atoms with van der Waals surface area (Å²) in [7, 11) is 0. The summed E-state index contributed by atoms with van der Waals surface area (Å²) in [5.41, 5.74) is 7.93. The molecule has 0 aliphatic rings. The predicted octanol–water partition coefficient (Wildman–Crippen LogP) is 0.724. The highest BCUT2D eigenvalue weighted by Gasteiger charge is 2.19. The fourth-order valence-electron chi connectivity index (χ4n) is 1.83. The van der Waals surface area contributed by atoms with E-state index in [1.165, 1.54) is 6.07 Å². The molecule has 0 fully saturated rings. The molecular weight excluding hydrogens is 234 g/mol. The van der Waals surface area contributed by atoms with E-state index in [1.807, 2.05) is 5.43 Å². The molecule has 6 heteroatoms. The van der Waals surface area contributed by atoms with E-state index in [-0.39, 0.29) is 11.1 Å². The highest BCUT2D eigenvalue weighted by atomic mass is 16.4. The Labute approximate surface area is 102 Å². The van der Waals surface area contributed by atoms with Gasteiger partial charge in [0.1, 0.15) is 0 Å². The van der Waals surface area contributed by atoms with E-state index in [1.54, 1.807) is 24.3 Å². The Hall–Kier alpha value is -2.60. The van der Waals surface area contributed by atoms with Crippen LogP contribution in [0.1, 0.15) is 20.7 Å². The fraction of sp³-hybridized carbons (Fsp3) is 0. The van der Waals surface area contributed by atoms with Gasteiger partial charge in [0.05, 0.1) is 11.1 Å². The number of hydrogen-bond acceptors (Lipinski definition) is 4. The van der Waals surface area contributed by atoms with Gasteiger partial charge in [-0.1, -0.05) is 12.1 Å². The van der Waals surface area contributed by atoms with Crippen LogP contribution < -0.4 is 17.0 Å². The van der Waals surface area contributed by atoms with Crippen molar-refractivity contribution in [2.75, 3.05) is 5.73 Å². The Morgan fingerprint density at radius 3 is 2.44 bits per heavy atom. The molecule has 0 radical (unpaired) electrons.